The molecule has 0 fully saturated rings. The summed E-state index contributed by atoms with van der Waals surface area (Å²) in [5.41, 5.74) is 5.83. The second-order valence-electron chi connectivity index (χ2n) is 6.00. The van der Waals surface area contributed by atoms with Gasteiger partial charge in [0.15, 0.2) is 11.3 Å². The van der Waals surface area contributed by atoms with Crippen LogP contribution in [0.4, 0.5) is 5.69 Å². The van der Waals surface area contributed by atoms with E-state index in [0.717, 1.165) is 33.4 Å². The molecule has 1 N–H and O–H groups in total. The zero-order valence-electron chi connectivity index (χ0n) is 13.4. The van der Waals surface area contributed by atoms with Crippen LogP contribution in [0, 0.1) is 20.8 Å². The molecular weight excluding hydrogens is 286 g/mol. The summed E-state index contributed by atoms with van der Waals surface area (Å²) in [4.78, 5) is 3.32. The molecule has 2 aromatic heterocycles. The Kier molecular flexibility index (Phi) is 3.08. The number of fused-ring (bicyclic) bond motifs is 3. The fraction of sp³-hybridized carbons (Fsp3) is 0.150. The molecule has 0 spiro atoms. The lowest BCUT2D eigenvalue weighted by Crippen LogP contribution is -2.70. The van der Waals surface area contributed by atoms with Gasteiger partial charge in [0.2, 0.25) is 5.69 Å². The highest BCUT2D eigenvalue weighted by molar-refractivity contribution is 6.05. The van der Waals surface area contributed by atoms with Gasteiger partial charge in [-0.3, -0.25) is 0 Å². The maximum atomic E-state index is 5.96. The van der Waals surface area contributed by atoms with Gasteiger partial charge in [-0.15, -0.1) is 0 Å². The third-order valence-electron chi connectivity index (χ3n) is 4.06. The summed E-state index contributed by atoms with van der Waals surface area (Å²) in [5.74, 6) is 0.769. The third-order valence-corrected chi connectivity index (χ3v) is 4.06. The highest BCUT2D eigenvalue weighted by atomic mass is 16.4. The molecule has 0 amide bonds. The van der Waals surface area contributed by atoms with Crippen LogP contribution in [-0.4, -0.2) is 0 Å². The van der Waals surface area contributed by atoms with Gasteiger partial charge in [0.05, 0.1) is 6.07 Å². The minimum Gasteiger partial charge on any atom is -0.452 e. The summed E-state index contributed by atoms with van der Waals surface area (Å²) in [6.07, 6.45) is 0. The van der Waals surface area contributed by atoms with Crippen LogP contribution in [-0.2, 0) is 0 Å². The minimum absolute atomic E-state index is 0.710. The Balaban J connectivity index is 1.98. The predicted octanol–water partition coefficient (Wildman–Crippen LogP) is 3.42. The number of furan rings is 1. The molecule has 0 aliphatic carbocycles. The minimum atomic E-state index is 0.710. The van der Waals surface area contributed by atoms with E-state index in [1.54, 1.807) is 0 Å². The molecule has 0 aliphatic rings. The molecule has 0 radical (unpaired) electrons. The van der Waals surface area contributed by atoms with Crippen molar-refractivity contribution in [1.29, 1.82) is 0 Å². The number of benzene rings is 2. The van der Waals surface area contributed by atoms with Gasteiger partial charge in [0.25, 0.3) is 0 Å². The lowest BCUT2D eigenvalue weighted by Gasteiger charge is -1.93. The topological polar surface area (TPSA) is 40.2 Å². The predicted molar refractivity (Wildman–Crippen MR) is 90.4 cm³/mol. The van der Waals surface area contributed by atoms with Crippen LogP contribution in [0.15, 0.2) is 57.4 Å². The van der Waals surface area contributed by atoms with Gasteiger partial charge in [0, 0.05) is 22.9 Å². The van der Waals surface area contributed by atoms with Crippen molar-refractivity contribution in [3.8, 4) is 0 Å². The molecule has 4 rings (SSSR count). The summed E-state index contributed by atoms with van der Waals surface area (Å²) in [6, 6.07) is 16.5. The molecule has 4 aromatic rings. The van der Waals surface area contributed by atoms with Gasteiger partial charge in [-0.25, -0.2) is 0 Å². The van der Waals surface area contributed by atoms with Crippen molar-refractivity contribution in [1.82, 2.24) is 0 Å². The summed E-state index contributed by atoms with van der Waals surface area (Å²) >= 11 is 0. The zero-order valence-corrected chi connectivity index (χ0v) is 13.4. The lowest BCUT2D eigenvalue weighted by atomic mass is 10.1. The Hall–Kier alpha value is -2.81. The SMILES string of the molecule is Cc1ccc([NH+]=c2cc3c(oc4cc(C)ccc43)c(C)o2)cc1. The Morgan fingerprint density at radius 3 is 2.26 bits per heavy atom. The molecule has 0 atom stereocenters. The van der Waals surface area contributed by atoms with Crippen LogP contribution >= 0.6 is 0 Å². The smallest absolute Gasteiger partial charge is 0.372 e. The number of rotatable bonds is 1. The first-order valence-electron chi connectivity index (χ1n) is 7.70. The van der Waals surface area contributed by atoms with Crippen LogP contribution in [0.25, 0.3) is 21.9 Å². The van der Waals surface area contributed by atoms with Crippen LogP contribution < -0.4 is 10.5 Å². The van der Waals surface area contributed by atoms with Gasteiger partial charge in [-0.05, 0) is 32.4 Å². The van der Waals surface area contributed by atoms with Crippen molar-refractivity contribution in [3.05, 3.63) is 71.0 Å². The Bertz CT molecular complexity index is 1080. The van der Waals surface area contributed by atoms with Gasteiger partial charge in [-0.2, -0.15) is 4.99 Å². The molecule has 114 valence electrons. The van der Waals surface area contributed by atoms with Gasteiger partial charge >= 0.3 is 5.55 Å². The number of hydrogen-bond donors (Lipinski definition) is 1. The third kappa shape index (κ3) is 2.44. The zero-order chi connectivity index (χ0) is 16.0. The first-order chi connectivity index (χ1) is 11.1. The van der Waals surface area contributed by atoms with E-state index in [-0.39, 0.29) is 0 Å². The van der Waals surface area contributed by atoms with Crippen LogP contribution in [0.5, 0.6) is 0 Å². The number of hydrogen-bond acceptors (Lipinski definition) is 2. The molecule has 0 aliphatic heterocycles. The molecular formula is C20H18NO2+. The standard InChI is InChI=1S/C20H17NO2/c1-12-4-7-15(8-5-12)21-19-11-17-16-9-6-13(2)10-18(16)23-20(17)14(3)22-19/h4-11H,1-3H3/p+1. The molecule has 3 nitrogen and oxygen atoms in total. The van der Waals surface area contributed by atoms with E-state index in [1.165, 1.54) is 11.1 Å². The molecule has 2 aromatic carbocycles. The van der Waals surface area contributed by atoms with Gasteiger partial charge in [-0.1, -0.05) is 29.8 Å². The lowest BCUT2D eigenvalue weighted by molar-refractivity contribution is -0.418. The van der Waals surface area contributed by atoms with Crippen molar-refractivity contribution >= 4 is 27.6 Å². The molecule has 0 bridgehead atoms. The van der Waals surface area contributed by atoms with Crippen molar-refractivity contribution < 1.29 is 13.8 Å². The second-order valence-corrected chi connectivity index (χ2v) is 6.00. The fourth-order valence-electron chi connectivity index (χ4n) is 2.84. The van der Waals surface area contributed by atoms with E-state index >= 15 is 0 Å². The fourth-order valence-corrected chi connectivity index (χ4v) is 2.84. The summed E-state index contributed by atoms with van der Waals surface area (Å²) in [5, 5.41) is 2.18. The van der Waals surface area contributed by atoms with Crippen molar-refractivity contribution in [2.24, 2.45) is 0 Å². The second kappa shape index (κ2) is 5.13. The maximum absolute atomic E-state index is 5.96. The Labute approximate surface area is 133 Å². The molecule has 0 unspecified atom stereocenters. The van der Waals surface area contributed by atoms with Crippen LogP contribution in [0.1, 0.15) is 16.9 Å². The number of nitrogens with one attached hydrogen (secondary N) is 1. The van der Waals surface area contributed by atoms with E-state index in [4.69, 9.17) is 8.83 Å². The van der Waals surface area contributed by atoms with Gasteiger partial charge in [0.1, 0.15) is 5.58 Å². The molecule has 0 saturated carbocycles. The maximum Gasteiger partial charge on any atom is 0.372 e. The molecule has 23 heavy (non-hydrogen) atoms. The molecule has 3 heteroatoms. The normalized spacial score (nSPS) is 12.4. The quantitative estimate of drug-likeness (QED) is 0.585. The average Bonchev–Trinajstić information content (AvgIpc) is 2.88. The largest absolute Gasteiger partial charge is 0.452 e. The monoisotopic (exact) mass is 304 g/mol. The van der Waals surface area contributed by atoms with E-state index < -0.39 is 0 Å². The first kappa shape index (κ1) is 13.8. The van der Waals surface area contributed by atoms with Crippen molar-refractivity contribution in [2.45, 2.75) is 20.8 Å². The van der Waals surface area contributed by atoms with Gasteiger partial charge < -0.3 is 8.83 Å². The molecule has 2 heterocycles. The summed E-state index contributed by atoms with van der Waals surface area (Å²) < 4.78 is 11.8. The number of aryl methyl sites for hydroxylation is 3. The average molecular weight is 304 g/mol. The Morgan fingerprint density at radius 1 is 0.739 bits per heavy atom. The van der Waals surface area contributed by atoms with E-state index in [0.29, 0.717) is 5.55 Å². The van der Waals surface area contributed by atoms with E-state index in [9.17, 15) is 0 Å². The Morgan fingerprint density at radius 2 is 1.48 bits per heavy atom. The van der Waals surface area contributed by atoms with E-state index in [1.807, 2.05) is 25.1 Å². The van der Waals surface area contributed by atoms with Crippen LogP contribution in [0.3, 0.4) is 0 Å². The highest BCUT2D eigenvalue weighted by Gasteiger charge is 2.13. The molecule has 0 saturated heterocycles. The summed E-state index contributed by atoms with van der Waals surface area (Å²) in [7, 11) is 0. The first-order valence-corrected chi connectivity index (χ1v) is 7.70. The van der Waals surface area contributed by atoms with Crippen molar-refractivity contribution in [2.75, 3.05) is 0 Å². The highest BCUT2D eigenvalue weighted by Crippen LogP contribution is 2.29. The van der Waals surface area contributed by atoms with Crippen LogP contribution in [0.2, 0.25) is 0 Å². The van der Waals surface area contributed by atoms with E-state index in [2.05, 4.69) is 49.2 Å². The van der Waals surface area contributed by atoms with Crippen molar-refractivity contribution in [3.63, 3.8) is 0 Å². The summed E-state index contributed by atoms with van der Waals surface area (Å²) in [6.45, 7) is 6.07.